The third-order valence-electron chi connectivity index (χ3n) is 3.99. The molecule has 2 aromatic heterocycles. The number of nitrogens with one attached hydrogen (secondary N) is 1. The number of hydrogen-bond acceptors (Lipinski definition) is 6. The summed E-state index contributed by atoms with van der Waals surface area (Å²) in [4.78, 5) is 28.3. The van der Waals surface area contributed by atoms with E-state index < -0.39 is 11.5 Å². The quantitative estimate of drug-likeness (QED) is 0.757. The Balaban J connectivity index is 1.92. The van der Waals surface area contributed by atoms with Crippen molar-refractivity contribution in [3.8, 4) is 10.7 Å². The summed E-state index contributed by atoms with van der Waals surface area (Å²) in [5.41, 5.74) is -0.792. The molecule has 2 rings (SSSR count). The van der Waals surface area contributed by atoms with Crippen LogP contribution in [0.4, 0.5) is 0 Å². The van der Waals surface area contributed by atoms with Gasteiger partial charge in [-0.15, -0.1) is 11.3 Å². The molecule has 0 spiro atoms. The van der Waals surface area contributed by atoms with Gasteiger partial charge >= 0.3 is 5.97 Å². The lowest BCUT2D eigenvalue weighted by Crippen LogP contribution is -2.51. The summed E-state index contributed by atoms with van der Waals surface area (Å²) in [6.45, 7) is 5.51. The Kier molecular flexibility index (Phi) is 5.71. The molecule has 24 heavy (non-hydrogen) atoms. The van der Waals surface area contributed by atoms with Crippen molar-refractivity contribution in [2.75, 3.05) is 0 Å². The third-order valence-corrected chi connectivity index (χ3v) is 4.86. The second kappa shape index (κ2) is 7.57. The van der Waals surface area contributed by atoms with Gasteiger partial charge in [0.2, 0.25) is 17.6 Å². The largest absolute Gasteiger partial charge is 0.481 e. The molecule has 0 aliphatic heterocycles. The number of nitrogens with zero attached hydrogens (tertiary/aromatic N) is 2. The minimum atomic E-state index is -0.941. The smallest absolute Gasteiger partial charge is 0.305 e. The van der Waals surface area contributed by atoms with Gasteiger partial charge in [-0.05, 0) is 24.3 Å². The first-order chi connectivity index (χ1) is 11.3. The van der Waals surface area contributed by atoms with Crippen LogP contribution < -0.4 is 5.32 Å². The third kappa shape index (κ3) is 4.64. The minimum absolute atomic E-state index is 0.00798. The first-order valence-corrected chi connectivity index (χ1v) is 8.57. The second-order valence-corrected chi connectivity index (χ2v) is 7.13. The zero-order valence-corrected chi connectivity index (χ0v) is 14.7. The number of thiophene rings is 1. The van der Waals surface area contributed by atoms with Gasteiger partial charge in [0, 0.05) is 18.4 Å². The van der Waals surface area contributed by atoms with Crippen molar-refractivity contribution in [1.29, 1.82) is 0 Å². The molecule has 0 saturated heterocycles. The normalized spacial score (nSPS) is 13.7. The van der Waals surface area contributed by atoms with E-state index >= 15 is 0 Å². The first kappa shape index (κ1) is 18.1. The standard InChI is InChI=1S/C16H21N3O4S/c1-10(2)16(3,9-14(21)22)18-12(20)6-7-13-17-15(19-23-13)11-5-4-8-24-11/h4-5,8,10H,6-7,9H2,1-3H3,(H,18,20)(H,21,22). The average Bonchev–Trinajstić information content (AvgIpc) is 3.15. The number of amides is 1. The summed E-state index contributed by atoms with van der Waals surface area (Å²) < 4.78 is 5.15. The first-order valence-electron chi connectivity index (χ1n) is 7.69. The van der Waals surface area contributed by atoms with Gasteiger partial charge in [-0.3, -0.25) is 9.59 Å². The molecule has 1 atom stereocenters. The van der Waals surface area contributed by atoms with Gasteiger partial charge in [-0.25, -0.2) is 0 Å². The van der Waals surface area contributed by atoms with Gasteiger partial charge in [-0.2, -0.15) is 4.98 Å². The molecule has 2 heterocycles. The van der Waals surface area contributed by atoms with E-state index in [2.05, 4.69) is 15.5 Å². The predicted octanol–water partition coefficient (Wildman–Crippen LogP) is 2.74. The molecular weight excluding hydrogens is 330 g/mol. The minimum Gasteiger partial charge on any atom is -0.481 e. The summed E-state index contributed by atoms with van der Waals surface area (Å²) in [6, 6.07) is 3.80. The van der Waals surface area contributed by atoms with Crippen LogP contribution in [-0.4, -0.2) is 32.7 Å². The average molecular weight is 351 g/mol. The Hall–Kier alpha value is -2.22. The monoisotopic (exact) mass is 351 g/mol. The van der Waals surface area contributed by atoms with Crippen molar-refractivity contribution >= 4 is 23.2 Å². The maximum atomic E-state index is 12.2. The Labute approximate surface area is 144 Å². The number of hydrogen-bond donors (Lipinski definition) is 2. The number of aliphatic carboxylic acids is 1. The fraction of sp³-hybridized carbons (Fsp3) is 0.500. The van der Waals surface area contributed by atoms with Crippen LogP contribution in [0, 0.1) is 5.92 Å². The molecule has 0 aromatic carbocycles. The maximum absolute atomic E-state index is 12.2. The van der Waals surface area contributed by atoms with E-state index in [1.807, 2.05) is 31.4 Å². The summed E-state index contributed by atoms with van der Waals surface area (Å²) >= 11 is 1.51. The van der Waals surface area contributed by atoms with Gasteiger partial charge in [0.1, 0.15) is 0 Å². The van der Waals surface area contributed by atoms with Crippen LogP contribution in [0.1, 0.15) is 39.5 Å². The lowest BCUT2D eigenvalue weighted by molar-refractivity contribution is -0.139. The molecule has 2 aromatic rings. The Bertz CT molecular complexity index is 696. The molecular formula is C16H21N3O4S. The van der Waals surface area contributed by atoms with Crippen molar-refractivity contribution in [1.82, 2.24) is 15.5 Å². The van der Waals surface area contributed by atoms with Crippen LogP contribution in [0.3, 0.4) is 0 Å². The zero-order chi connectivity index (χ0) is 17.7. The van der Waals surface area contributed by atoms with Crippen molar-refractivity contribution in [2.45, 2.75) is 45.6 Å². The Morgan fingerprint density at radius 1 is 1.46 bits per heavy atom. The highest BCUT2D eigenvalue weighted by Gasteiger charge is 2.32. The highest BCUT2D eigenvalue weighted by molar-refractivity contribution is 7.13. The van der Waals surface area contributed by atoms with Crippen LogP contribution in [0.15, 0.2) is 22.0 Å². The maximum Gasteiger partial charge on any atom is 0.305 e. The summed E-state index contributed by atoms with van der Waals surface area (Å²) in [6.07, 6.45) is 0.346. The molecule has 1 amide bonds. The highest BCUT2D eigenvalue weighted by Crippen LogP contribution is 2.22. The molecule has 2 N–H and O–H groups in total. The molecule has 0 aliphatic rings. The fourth-order valence-corrected chi connectivity index (χ4v) is 2.82. The van der Waals surface area contributed by atoms with Crippen LogP contribution in [-0.2, 0) is 16.0 Å². The van der Waals surface area contributed by atoms with E-state index in [9.17, 15) is 9.59 Å². The number of carboxylic acid groups (broad SMARTS) is 1. The summed E-state index contributed by atoms with van der Waals surface area (Å²) in [5, 5.41) is 17.7. The Morgan fingerprint density at radius 2 is 2.21 bits per heavy atom. The van der Waals surface area contributed by atoms with Gasteiger partial charge in [0.25, 0.3) is 0 Å². The van der Waals surface area contributed by atoms with E-state index in [0.717, 1.165) is 4.88 Å². The summed E-state index contributed by atoms with van der Waals surface area (Å²) in [5.74, 6) is -0.282. The molecule has 0 radical (unpaired) electrons. The molecule has 7 nitrogen and oxygen atoms in total. The predicted molar refractivity (Wildman–Crippen MR) is 89.6 cm³/mol. The number of aromatic nitrogens is 2. The van der Waals surface area contributed by atoms with E-state index in [-0.39, 0.29) is 24.7 Å². The van der Waals surface area contributed by atoms with Crippen LogP contribution >= 0.6 is 11.3 Å². The zero-order valence-electron chi connectivity index (χ0n) is 13.9. The van der Waals surface area contributed by atoms with Gasteiger partial charge in [-0.1, -0.05) is 25.1 Å². The molecule has 130 valence electrons. The number of carbonyl (C=O) groups excluding carboxylic acids is 1. The van der Waals surface area contributed by atoms with E-state index in [1.54, 1.807) is 6.92 Å². The van der Waals surface area contributed by atoms with Crippen LogP contribution in [0.2, 0.25) is 0 Å². The van der Waals surface area contributed by atoms with E-state index in [1.165, 1.54) is 11.3 Å². The van der Waals surface area contributed by atoms with Gasteiger partial charge < -0.3 is 14.9 Å². The Morgan fingerprint density at radius 3 is 2.79 bits per heavy atom. The van der Waals surface area contributed by atoms with Gasteiger partial charge in [0.15, 0.2) is 0 Å². The topological polar surface area (TPSA) is 105 Å². The molecule has 0 fully saturated rings. The van der Waals surface area contributed by atoms with Crippen molar-refractivity contribution in [3.63, 3.8) is 0 Å². The molecule has 0 bridgehead atoms. The van der Waals surface area contributed by atoms with Crippen LogP contribution in [0.25, 0.3) is 10.7 Å². The van der Waals surface area contributed by atoms with Crippen molar-refractivity contribution in [2.24, 2.45) is 5.92 Å². The molecule has 8 heteroatoms. The number of rotatable bonds is 8. The summed E-state index contributed by atoms with van der Waals surface area (Å²) in [7, 11) is 0. The van der Waals surface area contributed by atoms with E-state index in [0.29, 0.717) is 18.1 Å². The SMILES string of the molecule is CC(C)C(C)(CC(=O)O)NC(=O)CCc1nc(-c2cccs2)no1. The number of aryl methyl sites for hydroxylation is 1. The number of carbonyl (C=O) groups is 2. The highest BCUT2D eigenvalue weighted by atomic mass is 32.1. The second-order valence-electron chi connectivity index (χ2n) is 6.18. The van der Waals surface area contributed by atoms with Crippen LogP contribution in [0.5, 0.6) is 0 Å². The fourth-order valence-electron chi connectivity index (χ4n) is 2.17. The lowest BCUT2D eigenvalue weighted by Gasteiger charge is -2.33. The molecule has 0 aliphatic carbocycles. The number of carboxylic acids is 1. The van der Waals surface area contributed by atoms with Crippen molar-refractivity contribution < 1.29 is 19.2 Å². The molecule has 0 saturated carbocycles. The lowest BCUT2D eigenvalue weighted by atomic mass is 9.85. The van der Waals surface area contributed by atoms with E-state index in [4.69, 9.17) is 9.63 Å². The molecule has 1 unspecified atom stereocenters. The van der Waals surface area contributed by atoms with Gasteiger partial charge in [0.05, 0.1) is 11.3 Å². The van der Waals surface area contributed by atoms with Crippen molar-refractivity contribution in [3.05, 3.63) is 23.4 Å².